The number of hydrogen-bond acceptors (Lipinski definition) is 6. The highest BCUT2D eigenvalue weighted by atomic mass is 32.2. The lowest BCUT2D eigenvalue weighted by molar-refractivity contribution is 0.340. The van der Waals surface area contributed by atoms with Crippen LogP contribution in [0.3, 0.4) is 0 Å². The third-order valence-electron chi connectivity index (χ3n) is 3.03. The number of aromatic hydroxyl groups is 1. The summed E-state index contributed by atoms with van der Waals surface area (Å²) in [5.41, 5.74) is 0.516. The smallest absolute Gasteiger partial charge is 0.276 e. The van der Waals surface area contributed by atoms with Gasteiger partial charge in [0.05, 0.1) is 24.8 Å². The zero-order chi connectivity index (χ0) is 17.6. The van der Waals surface area contributed by atoms with Crippen LogP contribution >= 0.6 is 0 Å². The Bertz CT molecular complexity index is 817. The summed E-state index contributed by atoms with van der Waals surface area (Å²) < 4.78 is 34.4. The number of methoxy groups -OCH3 is 1. The fourth-order valence-corrected chi connectivity index (χ4v) is 2.68. The molecule has 0 amide bonds. The second-order valence-corrected chi connectivity index (χ2v) is 6.35. The van der Waals surface area contributed by atoms with Gasteiger partial charge in [-0.3, -0.25) is 0 Å². The molecule has 0 aliphatic heterocycles. The summed E-state index contributed by atoms with van der Waals surface area (Å²) in [5, 5.41) is 13.4. The number of phenols is 1. The van der Waals surface area contributed by atoms with Crippen LogP contribution in [-0.4, -0.2) is 33.5 Å². The molecule has 0 radical (unpaired) electrons. The molecule has 0 heterocycles. The minimum absolute atomic E-state index is 0.0594. The van der Waals surface area contributed by atoms with E-state index in [4.69, 9.17) is 9.47 Å². The molecule has 0 atom stereocenters. The van der Waals surface area contributed by atoms with Gasteiger partial charge in [-0.05, 0) is 55.0 Å². The van der Waals surface area contributed by atoms with Gasteiger partial charge in [-0.1, -0.05) is 0 Å². The van der Waals surface area contributed by atoms with Crippen molar-refractivity contribution in [2.45, 2.75) is 11.8 Å². The van der Waals surface area contributed by atoms with Crippen molar-refractivity contribution in [1.29, 1.82) is 0 Å². The van der Waals surface area contributed by atoms with E-state index in [1.54, 1.807) is 24.3 Å². The first-order valence-electron chi connectivity index (χ1n) is 7.11. The van der Waals surface area contributed by atoms with E-state index in [1.165, 1.54) is 31.5 Å². The molecule has 7 nitrogen and oxygen atoms in total. The Morgan fingerprint density at radius 1 is 1.21 bits per heavy atom. The Hall–Kier alpha value is -2.74. The van der Waals surface area contributed by atoms with Crippen molar-refractivity contribution in [2.75, 3.05) is 13.7 Å². The highest BCUT2D eigenvalue weighted by Crippen LogP contribution is 2.25. The van der Waals surface area contributed by atoms with Crippen molar-refractivity contribution < 1.29 is 23.0 Å². The molecule has 0 fully saturated rings. The van der Waals surface area contributed by atoms with E-state index < -0.39 is 10.0 Å². The lowest BCUT2D eigenvalue weighted by atomic mass is 10.2. The largest absolute Gasteiger partial charge is 0.504 e. The minimum atomic E-state index is -3.78. The number of hydrazone groups is 1. The standard InChI is InChI=1S/C16H18N2O5S/c1-3-23-13-5-7-14(8-6-13)24(20,21)18-17-11-12-4-9-16(22-2)15(19)10-12/h4-11,18-19H,3H2,1-2H3/b17-11-. The highest BCUT2D eigenvalue weighted by molar-refractivity contribution is 7.89. The number of ether oxygens (including phenoxy) is 2. The van der Waals surface area contributed by atoms with Crippen molar-refractivity contribution in [2.24, 2.45) is 5.10 Å². The molecule has 0 bridgehead atoms. The van der Waals surface area contributed by atoms with Crippen LogP contribution < -0.4 is 14.3 Å². The first kappa shape index (κ1) is 17.6. The van der Waals surface area contributed by atoms with Crippen LogP contribution in [0.5, 0.6) is 17.2 Å². The molecule has 2 aromatic rings. The molecule has 2 N–H and O–H groups in total. The molecule has 0 spiro atoms. The van der Waals surface area contributed by atoms with E-state index in [0.717, 1.165) is 0 Å². The van der Waals surface area contributed by atoms with Gasteiger partial charge in [0.1, 0.15) is 5.75 Å². The Morgan fingerprint density at radius 2 is 1.92 bits per heavy atom. The van der Waals surface area contributed by atoms with Crippen molar-refractivity contribution in [3.63, 3.8) is 0 Å². The summed E-state index contributed by atoms with van der Waals surface area (Å²) in [5.74, 6) is 0.853. The molecule has 24 heavy (non-hydrogen) atoms. The number of sulfonamides is 1. The van der Waals surface area contributed by atoms with Crippen LogP contribution in [0.2, 0.25) is 0 Å². The van der Waals surface area contributed by atoms with E-state index in [9.17, 15) is 13.5 Å². The van der Waals surface area contributed by atoms with E-state index in [-0.39, 0.29) is 10.6 Å². The molecular formula is C16H18N2O5S. The second kappa shape index (κ2) is 7.69. The quantitative estimate of drug-likeness (QED) is 0.589. The van der Waals surface area contributed by atoms with Gasteiger partial charge < -0.3 is 14.6 Å². The molecule has 0 unspecified atom stereocenters. The normalized spacial score (nSPS) is 11.4. The van der Waals surface area contributed by atoms with Crippen molar-refractivity contribution in [3.8, 4) is 17.2 Å². The van der Waals surface area contributed by atoms with Crippen molar-refractivity contribution in [1.82, 2.24) is 4.83 Å². The number of benzene rings is 2. The Balaban J connectivity index is 2.07. The molecule has 0 aliphatic carbocycles. The molecule has 0 aliphatic rings. The van der Waals surface area contributed by atoms with Gasteiger partial charge >= 0.3 is 0 Å². The van der Waals surface area contributed by atoms with Gasteiger partial charge in [-0.2, -0.15) is 13.5 Å². The third-order valence-corrected chi connectivity index (χ3v) is 4.27. The predicted octanol–water partition coefficient (Wildman–Crippen LogP) is 2.11. The zero-order valence-corrected chi connectivity index (χ0v) is 14.1. The van der Waals surface area contributed by atoms with Gasteiger partial charge in [-0.25, -0.2) is 4.83 Å². The van der Waals surface area contributed by atoms with Gasteiger partial charge in [0.15, 0.2) is 11.5 Å². The predicted molar refractivity (Wildman–Crippen MR) is 90.2 cm³/mol. The lowest BCUT2D eigenvalue weighted by Crippen LogP contribution is -2.18. The summed E-state index contributed by atoms with van der Waals surface area (Å²) in [6.07, 6.45) is 1.28. The molecule has 128 valence electrons. The summed E-state index contributed by atoms with van der Waals surface area (Å²) in [6, 6.07) is 10.6. The maximum absolute atomic E-state index is 12.1. The fourth-order valence-electron chi connectivity index (χ4n) is 1.89. The van der Waals surface area contributed by atoms with E-state index in [2.05, 4.69) is 9.93 Å². The van der Waals surface area contributed by atoms with E-state index in [0.29, 0.717) is 23.7 Å². The van der Waals surface area contributed by atoms with Crippen LogP contribution in [0.15, 0.2) is 52.5 Å². The topological polar surface area (TPSA) is 97.2 Å². The first-order valence-corrected chi connectivity index (χ1v) is 8.59. The summed E-state index contributed by atoms with van der Waals surface area (Å²) in [7, 11) is -2.34. The second-order valence-electron chi connectivity index (χ2n) is 4.69. The van der Waals surface area contributed by atoms with Crippen LogP contribution in [0.1, 0.15) is 12.5 Å². The number of nitrogens with one attached hydrogen (secondary N) is 1. The Kier molecular flexibility index (Phi) is 5.64. The van der Waals surface area contributed by atoms with E-state index in [1.807, 2.05) is 6.92 Å². The summed E-state index contributed by atoms with van der Waals surface area (Å²) >= 11 is 0. The third kappa shape index (κ3) is 4.39. The van der Waals surface area contributed by atoms with E-state index >= 15 is 0 Å². The lowest BCUT2D eigenvalue weighted by Gasteiger charge is -2.06. The number of rotatable bonds is 7. The summed E-state index contributed by atoms with van der Waals surface area (Å²) in [4.78, 5) is 2.18. The number of hydrogen-bond donors (Lipinski definition) is 2. The van der Waals surface area contributed by atoms with Gasteiger partial charge in [0.2, 0.25) is 0 Å². The molecule has 2 aromatic carbocycles. The first-order chi connectivity index (χ1) is 11.5. The van der Waals surface area contributed by atoms with Crippen LogP contribution in [-0.2, 0) is 10.0 Å². The fraction of sp³-hybridized carbons (Fsp3) is 0.188. The summed E-state index contributed by atoms with van der Waals surface area (Å²) in [6.45, 7) is 2.35. The van der Waals surface area contributed by atoms with Gasteiger partial charge in [-0.15, -0.1) is 0 Å². The van der Waals surface area contributed by atoms with Crippen LogP contribution in [0, 0.1) is 0 Å². The Morgan fingerprint density at radius 3 is 2.50 bits per heavy atom. The van der Waals surface area contributed by atoms with Crippen molar-refractivity contribution in [3.05, 3.63) is 48.0 Å². The average molecular weight is 350 g/mol. The monoisotopic (exact) mass is 350 g/mol. The molecular weight excluding hydrogens is 332 g/mol. The van der Waals surface area contributed by atoms with Gasteiger partial charge in [0.25, 0.3) is 10.0 Å². The SMILES string of the molecule is CCOc1ccc(S(=O)(=O)N/N=C\c2ccc(OC)c(O)c2)cc1. The maximum atomic E-state index is 12.1. The van der Waals surface area contributed by atoms with Crippen LogP contribution in [0.4, 0.5) is 0 Å². The Labute approximate surface area is 140 Å². The highest BCUT2D eigenvalue weighted by Gasteiger charge is 2.12. The molecule has 2 rings (SSSR count). The van der Waals surface area contributed by atoms with Crippen LogP contribution in [0.25, 0.3) is 0 Å². The maximum Gasteiger partial charge on any atom is 0.276 e. The number of phenolic OH excluding ortho intramolecular Hbond substituents is 1. The number of nitrogens with zero attached hydrogens (tertiary/aromatic N) is 1. The molecule has 8 heteroatoms. The van der Waals surface area contributed by atoms with Gasteiger partial charge in [0, 0.05) is 0 Å². The zero-order valence-electron chi connectivity index (χ0n) is 13.3. The average Bonchev–Trinajstić information content (AvgIpc) is 2.56. The molecule has 0 aromatic heterocycles. The molecule has 0 saturated heterocycles. The molecule has 0 saturated carbocycles. The van der Waals surface area contributed by atoms with Crippen molar-refractivity contribution >= 4 is 16.2 Å². The minimum Gasteiger partial charge on any atom is -0.504 e.